The Morgan fingerprint density at radius 3 is 2.28 bits per heavy atom. The molecule has 0 aromatic heterocycles. The first-order valence-corrected chi connectivity index (χ1v) is 7.80. The molecule has 1 aliphatic rings. The fraction of sp³-hybridized carbons (Fsp3) is 0.100. The molecule has 0 radical (unpaired) electrons. The van der Waals surface area contributed by atoms with E-state index in [1.807, 2.05) is 60.7 Å². The zero-order chi connectivity index (χ0) is 17.6. The number of aliphatic carboxylic acids is 1. The molecule has 1 N–H and O–H groups in total. The number of carboxylic acids is 1. The molecule has 0 bridgehead atoms. The third kappa shape index (κ3) is 3.77. The molecule has 2 aromatic rings. The average molecular weight is 335 g/mol. The third-order valence-corrected chi connectivity index (χ3v) is 3.97. The Kier molecular flexibility index (Phi) is 4.95. The summed E-state index contributed by atoms with van der Waals surface area (Å²) in [7, 11) is 0. The van der Waals surface area contributed by atoms with E-state index >= 15 is 0 Å². The summed E-state index contributed by atoms with van der Waals surface area (Å²) < 4.78 is 5.13. The summed E-state index contributed by atoms with van der Waals surface area (Å²) in [6, 6.07) is 18.8. The van der Waals surface area contributed by atoms with Crippen molar-refractivity contribution in [2.24, 2.45) is 0 Å². The van der Waals surface area contributed by atoms with Crippen LogP contribution in [-0.2, 0) is 20.9 Å². The SMILES string of the molecule is O=COC1=CN(Cc2ccccc2)C=C(C(=O)O)C1c1ccccc1. The molecule has 0 fully saturated rings. The molecule has 1 heterocycles. The standard InChI is InChI=1S/C20H17NO4/c22-14-25-18-13-21(11-15-7-3-1-4-8-15)12-17(20(23)24)19(18)16-9-5-2-6-10-16/h1-10,12-14,19H,11H2,(H,23,24). The van der Waals surface area contributed by atoms with Gasteiger partial charge < -0.3 is 14.7 Å². The van der Waals surface area contributed by atoms with Crippen molar-refractivity contribution < 1.29 is 19.4 Å². The fourth-order valence-corrected chi connectivity index (χ4v) is 2.89. The van der Waals surface area contributed by atoms with Crippen molar-refractivity contribution in [3.8, 4) is 0 Å². The summed E-state index contributed by atoms with van der Waals surface area (Å²) in [5.74, 6) is -1.39. The van der Waals surface area contributed by atoms with Crippen LogP contribution in [0, 0.1) is 0 Å². The second kappa shape index (κ2) is 7.49. The van der Waals surface area contributed by atoms with E-state index in [2.05, 4.69) is 0 Å². The van der Waals surface area contributed by atoms with Crippen molar-refractivity contribution >= 4 is 12.4 Å². The molecule has 1 aliphatic heterocycles. The molecule has 5 nitrogen and oxygen atoms in total. The molecule has 5 heteroatoms. The maximum absolute atomic E-state index is 11.8. The van der Waals surface area contributed by atoms with Crippen LogP contribution in [0.5, 0.6) is 0 Å². The van der Waals surface area contributed by atoms with Crippen molar-refractivity contribution in [2.75, 3.05) is 0 Å². The molecule has 1 unspecified atom stereocenters. The number of rotatable bonds is 6. The number of carboxylic acid groups (broad SMARTS) is 1. The summed E-state index contributed by atoms with van der Waals surface area (Å²) in [6.45, 7) is 0.804. The summed E-state index contributed by atoms with van der Waals surface area (Å²) in [4.78, 5) is 24.5. The van der Waals surface area contributed by atoms with Crippen LogP contribution in [-0.4, -0.2) is 22.4 Å². The maximum atomic E-state index is 11.8. The van der Waals surface area contributed by atoms with Crippen LogP contribution >= 0.6 is 0 Å². The van der Waals surface area contributed by atoms with Gasteiger partial charge in [-0.2, -0.15) is 0 Å². The van der Waals surface area contributed by atoms with Gasteiger partial charge in [0, 0.05) is 18.9 Å². The first kappa shape index (κ1) is 16.5. The van der Waals surface area contributed by atoms with Gasteiger partial charge in [-0.1, -0.05) is 60.7 Å². The van der Waals surface area contributed by atoms with E-state index in [1.165, 1.54) is 0 Å². The van der Waals surface area contributed by atoms with Crippen LogP contribution in [0.3, 0.4) is 0 Å². The van der Waals surface area contributed by atoms with Crippen LogP contribution in [0.25, 0.3) is 0 Å². The fourth-order valence-electron chi connectivity index (χ4n) is 2.89. The highest BCUT2D eigenvalue weighted by molar-refractivity contribution is 5.89. The predicted octanol–water partition coefficient (Wildman–Crippen LogP) is 3.27. The summed E-state index contributed by atoms with van der Waals surface area (Å²) >= 11 is 0. The predicted molar refractivity (Wildman–Crippen MR) is 92.1 cm³/mol. The molecule has 126 valence electrons. The lowest BCUT2D eigenvalue weighted by atomic mass is 9.88. The number of hydrogen-bond acceptors (Lipinski definition) is 4. The van der Waals surface area contributed by atoms with E-state index in [9.17, 15) is 14.7 Å². The minimum absolute atomic E-state index is 0.154. The normalized spacial score (nSPS) is 16.6. The van der Waals surface area contributed by atoms with Crippen LogP contribution in [0.2, 0.25) is 0 Å². The number of ether oxygens (including phenoxy) is 1. The topological polar surface area (TPSA) is 66.8 Å². The van der Waals surface area contributed by atoms with Crippen LogP contribution in [0.4, 0.5) is 0 Å². The Morgan fingerprint density at radius 1 is 1.04 bits per heavy atom. The molecular formula is C20H17NO4. The molecule has 25 heavy (non-hydrogen) atoms. The summed E-state index contributed by atoms with van der Waals surface area (Å²) in [6.07, 6.45) is 3.26. The van der Waals surface area contributed by atoms with Gasteiger partial charge in [0.25, 0.3) is 6.47 Å². The Labute approximate surface area is 145 Å². The molecule has 1 atom stereocenters. The van der Waals surface area contributed by atoms with E-state index in [-0.39, 0.29) is 11.3 Å². The quantitative estimate of drug-likeness (QED) is 0.821. The van der Waals surface area contributed by atoms with Crippen molar-refractivity contribution in [3.63, 3.8) is 0 Å². The van der Waals surface area contributed by atoms with E-state index in [1.54, 1.807) is 17.3 Å². The minimum Gasteiger partial charge on any atom is -0.478 e. The van der Waals surface area contributed by atoms with E-state index in [0.29, 0.717) is 13.0 Å². The molecule has 0 spiro atoms. The summed E-state index contributed by atoms with van der Waals surface area (Å²) in [5, 5.41) is 9.67. The number of hydrogen-bond donors (Lipinski definition) is 1. The zero-order valence-electron chi connectivity index (χ0n) is 13.4. The molecule has 0 saturated carbocycles. The smallest absolute Gasteiger partial charge is 0.334 e. The minimum atomic E-state index is -1.05. The second-order valence-electron chi connectivity index (χ2n) is 5.64. The highest BCUT2D eigenvalue weighted by Crippen LogP contribution is 2.36. The largest absolute Gasteiger partial charge is 0.478 e. The Bertz CT molecular complexity index is 812. The van der Waals surface area contributed by atoms with Gasteiger partial charge >= 0.3 is 5.97 Å². The van der Waals surface area contributed by atoms with Crippen molar-refractivity contribution in [3.05, 3.63) is 95.5 Å². The van der Waals surface area contributed by atoms with Crippen molar-refractivity contribution in [1.82, 2.24) is 4.90 Å². The second-order valence-corrected chi connectivity index (χ2v) is 5.64. The lowest BCUT2D eigenvalue weighted by Gasteiger charge is -2.29. The molecule has 0 saturated heterocycles. The molecule has 3 rings (SSSR count). The van der Waals surface area contributed by atoms with Gasteiger partial charge in [-0.15, -0.1) is 0 Å². The van der Waals surface area contributed by atoms with Gasteiger partial charge in [0.05, 0.1) is 11.5 Å². The summed E-state index contributed by atoms with van der Waals surface area (Å²) in [5.41, 5.74) is 1.92. The van der Waals surface area contributed by atoms with Crippen molar-refractivity contribution in [2.45, 2.75) is 12.5 Å². The lowest BCUT2D eigenvalue weighted by Crippen LogP contribution is -2.25. The van der Waals surface area contributed by atoms with Gasteiger partial charge in [0.2, 0.25) is 0 Å². The van der Waals surface area contributed by atoms with Gasteiger partial charge in [-0.25, -0.2) is 4.79 Å². The first-order chi connectivity index (χ1) is 12.2. The van der Waals surface area contributed by atoms with Gasteiger partial charge in [0.15, 0.2) is 0 Å². The van der Waals surface area contributed by atoms with E-state index < -0.39 is 11.9 Å². The zero-order valence-corrected chi connectivity index (χ0v) is 13.4. The van der Waals surface area contributed by atoms with Crippen LogP contribution in [0.15, 0.2) is 84.4 Å². The van der Waals surface area contributed by atoms with Gasteiger partial charge in [-0.3, -0.25) is 4.79 Å². The Hall–Kier alpha value is -3.34. The molecule has 0 aliphatic carbocycles. The van der Waals surface area contributed by atoms with Crippen LogP contribution in [0.1, 0.15) is 17.0 Å². The highest BCUT2D eigenvalue weighted by Gasteiger charge is 2.31. The average Bonchev–Trinajstić information content (AvgIpc) is 2.63. The van der Waals surface area contributed by atoms with Gasteiger partial charge in [-0.05, 0) is 11.1 Å². The molecule has 0 amide bonds. The van der Waals surface area contributed by atoms with Crippen molar-refractivity contribution in [1.29, 1.82) is 0 Å². The van der Waals surface area contributed by atoms with Gasteiger partial charge in [0.1, 0.15) is 5.76 Å². The monoisotopic (exact) mass is 335 g/mol. The number of nitrogens with zero attached hydrogens (tertiary/aromatic N) is 1. The number of carbonyl (C=O) groups excluding carboxylic acids is 1. The lowest BCUT2D eigenvalue weighted by molar-refractivity contribution is -0.133. The number of allylic oxidation sites excluding steroid dienone is 1. The highest BCUT2D eigenvalue weighted by atomic mass is 16.5. The Balaban J connectivity index is 1.99. The molecular weight excluding hydrogens is 318 g/mol. The first-order valence-electron chi connectivity index (χ1n) is 7.80. The number of benzene rings is 2. The van der Waals surface area contributed by atoms with E-state index in [0.717, 1.165) is 11.1 Å². The maximum Gasteiger partial charge on any atom is 0.334 e. The number of carbonyl (C=O) groups is 2. The third-order valence-electron chi connectivity index (χ3n) is 3.97. The molecule has 2 aromatic carbocycles. The van der Waals surface area contributed by atoms with Crippen LogP contribution < -0.4 is 0 Å². The van der Waals surface area contributed by atoms with E-state index in [4.69, 9.17) is 4.74 Å². The Morgan fingerprint density at radius 2 is 1.68 bits per heavy atom.